The van der Waals surface area contributed by atoms with E-state index in [4.69, 9.17) is 42.6 Å². The van der Waals surface area contributed by atoms with Crippen molar-refractivity contribution < 1.29 is 56.2 Å². The minimum absolute atomic E-state index is 0.0608. The number of carbonyl (C=O) groups is 1. The maximum atomic E-state index is 15.5. The number of methoxy groups -OCH3 is 5. The van der Waals surface area contributed by atoms with Crippen LogP contribution in [-0.2, 0) is 28.4 Å². The van der Waals surface area contributed by atoms with Gasteiger partial charge in [-0.05, 0) is 30.7 Å². The molecule has 12 heteroatoms. The molecule has 3 aromatic carbocycles. The second-order valence-corrected chi connectivity index (χ2v) is 9.83. The third kappa shape index (κ3) is 7.45. The number of carbonyl (C=O) groups excluding carboxylic acids is 1. The molecule has 0 fully saturated rings. The minimum Gasteiger partial charge on any atom is -0.488 e. The van der Waals surface area contributed by atoms with Gasteiger partial charge < -0.3 is 42.6 Å². The van der Waals surface area contributed by atoms with Gasteiger partial charge >= 0.3 is 5.97 Å². The number of hydrogen-bond acceptors (Lipinski definition) is 10. The number of rotatable bonds is 15. The van der Waals surface area contributed by atoms with Gasteiger partial charge in [0.2, 0.25) is 0 Å². The third-order valence-corrected chi connectivity index (χ3v) is 7.12. The number of benzene rings is 3. The van der Waals surface area contributed by atoms with Gasteiger partial charge in [-0.2, -0.15) is 0 Å². The topological polar surface area (TPSA) is 100 Å². The van der Waals surface area contributed by atoms with Crippen molar-refractivity contribution in [2.24, 2.45) is 0 Å². The molecule has 238 valence electrons. The Balaban J connectivity index is 1.81. The first-order valence-corrected chi connectivity index (χ1v) is 13.7. The summed E-state index contributed by atoms with van der Waals surface area (Å²) < 4.78 is 79.6. The molecule has 0 aliphatic carbocycles. The second kappa shape index (κ2) is 15.3. The van der Waals surface area contributed by atoms with E-state index in [0.29, 0.717) is 16.7 Å². The summed E-state index contributed by atoms with van der Waals surface area (Å²) in [6.07, 6.45) is -1.79. The molecule has 1 aliphatic rings. The van der Waals surface area contributed by atoms with Crippen molar-refractivity contribution in [1.29, 1.82) is 0 Å². The summed E-state index contributed by atoms with van der Waals surface area (Å²) in [4.78, 5) is 13.3. The molecule has 3 aromatic rings. The van der Waals surface area contributed by atoms with Crippen LogP contribution in [0, 0.1) is 11.6 Å². The summed E-state index contributed by atoms with van der Waals surface area (Å²) in [5.41, 5.74) is 1.30. The second-order valence-electron chi connectivity index (χ2n) is 9.83. The highest BCUT2D eigenvalue weighted by molar-refractivity contribution is 5.92. The van der Waals surface area contributed by atoms with E-state index >= 15 is 8.78 Å². The van der Waals surface area contributed by atoms with Crippen molar-refractivity contribution in [1.82, 2.24) is 0 Å². The molecule has 1 heterocycles. The van der Waals surface area contributed by atoms with Crippen molar-refractivity contribution in [2.45, 2.75) is 31.5 Å². The monoisotopic (exact) mass is 618 g/mol. The Morgan fingerprint density at radius 1 is 0.727 bits per heavy atom. The molecule has 4 rings (SSSR count). The molecule has 0 spiro atoms. The molecule has 0 saturated carbocycles. The smallest absolute Gasteiger partial charge is 0.338 e. The predicted molar refractivity (Wildman–Crippen MR) is 154 cm³/mol. The molecule has 10 nitrogen and oxygen atoms in total. The summed E-state index contributed by atoms with van der Waals surface area (Å²) >= 11 is 0. The molecular formula is C32H36F2O10. The standard InChI is InChI=1S/C32H36F2O10/c1-18(36-2)15-41-27-13-25-21(11-23(27)33)31(19-9-7-8-10-20(19)32(35)43-17-30(39-5)40-6)22-12-24(34)28(14-26(22)44-25)42-16-29(37-3)38-4/h7-14,18,29-31H,15-17H2,1-6H3. The lowest BCUT2D eigenvalue weighted by atomic mass is 9.80. The van der Waals surface area contributed by atoms with E-state index in [1.807, 2.05) is 0 Å². The Bertz CT molecular complexity index is 1420. The third-order valence-electron chi connectivity index (χ3n) is 7.12. The van der Waals surface area contributed by atoms with Crippen LogP contribution < -0.4 is 14.2 Å². The lowest BCUT2D eigenvalue weighted by molar-refractivity contribution is -0.129. The first kappa shape index (κ1) is 33.1. The number of fused-ring (bicyclic) bond motifs is 2. The summed E-state index contributed by atoms with van der Waals surface area (Å²) in [5, 5.41) is 0. The van der Waals surface area contributed by atoms with E-state index in [2.05, 4.69) is 0 Å². The maximum absolute atomic E-state index is 15.5. The summed E-state index contributed by atoms with van der Waals surface area (Å²) in [7, 11) is 7.24. The zero-order chi connectivity index (χ0) is 31.8. The predicted octanol–water partition coefficient (Wildman–Crippen LogP) is 5.44. The van der Waals surface area contributed by atoms with E-state index in [0.717, 1.165) is 0 Å². The number of halogens is 2. The average molecular weight is 619 g/mol. The van der Waals surface area contributed by atoms with Crippen LogP contribution in [-0.4, -0.2) is 80.0 Å². The fraction of sp³-hybridized carbons (Fsp3) is 0.406. The first-order valence-electron chi connectivity index (χ1n) is 13.7. The molecular weight excluding hydrogens is 582 g/mol. The summed E-state index contributed by atoms with van der Waals surface area (Å²) in [6.45, 7) is 1.61. The van der Waals surface area contributed by atoms with Crippen molar-refractivity contribution in [3.8, 4) is 23.0 Å². The van der Waals surface area contributed by atoms with Gasteiger partial charge in [-0.1, -0.05) is 18.2 Å². The average Bonchev–Trinajstić information content (AvgIpc) is 3.04. The van der Waals surface area contributed by atoms with E-state index in [9.17, 15) is 4.79 Å². The fourth-order valence-corrected chi connectivity index (χ4v) is 4.62. The highest BCUT2D eigenvalue weighted by Gasteiger charge is 2.35. The number of hydrogen-bond donors (Lipinski definition) is 0. The Kier molecular flexibility index (Phi) is 11.5. The molecule has 2 unspecified atom stereocenters. The van der Waals surface area contributed by atoms with Crippen LogP contribution >= 0.6 is 0 Å². The zero-order valence-corrected chi connectivity index (χ0v) is 25.4. The van der Waals surface area contributed by atoms with Crippen LogP contribution in [0.5, 0.6) is 23.0 Å². The van der Waals surface area contributed by atoms with Gasteiger partial charge in [-0.3, -0.25) is 0 Å². The van der Waals surface area contributed by atoms with Gasteiger partial charge in [-0.15, -0.1) is 0 Å². The minimum atomic E-state index is -0.839. The lowest BCUT2D eigenvalue weighted by Crippen LogP contribution is -2.24. The van der Waals surface area contributed by atoms with Crippen LogP contribution in [0.15, 0.2) is 48.5 Å². The number of esters is 1. The van der Waals surface area contributed by atoms with Crippen molar-refractivity contribution >= 4 is 5.97 Å². The Morgan fingerprint density at radius 3 is 1.80 bits per heavy atom. The Labute approximate surface area is 254 Å². The quantitative estimate of drug-likeness (QED) is 0.127. The van der Waals surface area contributed by atoms with Crippen molar-refractivity contribution in [2.75, 3.05) is 55.4 Å². The fourth-order valence-electron chi connectivity index (χ4n) is 4.62. The molecule has 1 aliphatic heterocycles. The van der Waals surface area contributed by atoms with Gasteiger partial charge in [0, 0.05) is 64.7 Å². The molecule has 0 saturated heterocycles. The van der Waals surface area contributed by atoms with Crippen LogP contribution in [0.2, 0.25) is 0 Å². The van der Waals surface area contributed by atoms with Gasteiger partial charge in [0.25, 0.3) is 0 Å². The van der Waals surface area contributed by atoms with E-state index in [1.54, 1.807) is 31.2 Å². The number of ether oxygens (including phenoxy) is 9. The van der Waals surface area contributed by atoms with Gasteiger partial charge in [0.1, 0.15) is 31.3 Å². The zero-order valence-electron chi connectivity index (χ0n) is 25.4. The SMILES string of the molecule is COC(C)COc1cc2c(cc1F)C(c1ccccc1C(=O)OCC(OC)OC)c1cc(F)c(OCC(OC)OC)cc1O2. The van der Waals surface area contributed by atoms with Gasteiger partial charge in [0.05, 0.1) is 11.7 Å². The molecule has 0 radical (unpaired) electrons. The van der Waals surface area contributed by atoms with E-state index in [1.165, 1.54) is 59.8 Å². The molecule has 0 amide bonds. The molecule has 2 atom stereocenters. The molecule has 0 bridgehead atoms. The van der Waals surface area contributed by atoms with Crippen molar-refractivity contribution in [3.05, 3.63) is 82.4 Å². The summed E-state index contributed by atoms with van der Waals surface area (Å²) in [5.74, 6) is -2.58. The highest BCUT2D eigenvalue weighted by atomic mass is 19.1. The van der Waals surface area contributed by atoms with Crippen LogP contribution in [0.25, 0.3) is 0 Å². The summed E-state index contributed by atoms with van der Waals surface area (Å²) in [6, 6.07) is 12.0. The van der Waals surface area contributed by atoms with Gasteiger partial charge in [0.15, 0.2) is 35.7 Å². The van der Waals surface area contributed by atoms with Gasteiger partial charge in [-0.25, -0.2) is 13.6 Å². The van der Waals surface area contributed by atoms with Crippen molar-refractivity contribution in [3.63, 3.8) is 0 Å². The van der Waals surface area contributed by atoms with E-state index < -0.39 is 36.1 Å². The first-order chi connectivity index (χ1) is 21.2. The largest absolute Gasteiger partial charge is 0.488 e. The molecule has 44 heavy (non-hydrogen) atoms. The Hall–Kier alpha value is -3.81. The van der Waals surface area contributed by atoms with E-state index in [-0.39, 0.29) is 54.5 Å². The maximum Gasteiger partial charge on any atom is 0.338 e. The normalized spacial score (nSPS) is 14.5. The lowest BCUT2D eigenvalue weighted by Gasteiger charge is -2.31. The van der Waals surface area contributed by atoms with Crippen LogP contribution in [0.4, 0.5) is 8.78 Å². The molecule has 0 aromatic heterocycles. The Morgan fingerprint density at radius 2 is 1.25 bits per heavy atom. The van der Waals surface area contributed by atoms with Crippen LogP contribution in [0.3, 0.4) is 0 Å². The highest BCUT2D eigenvalue weighted by Crippen LogP contribution is 2.51. The molecule has 0 N–H and O–H groups in total. The van der Waals surface area contributed by atoms with Crippen LogP contribution in [0.1, 0.15) is 39.9 Å².